The van der Waals surface area contributed by atoms with Gasteiger partial charge in [0.2, 0.25) is 0 Å². The molecule has 3 N–H and O–H groups in total. The molecular formula is C30H31N3O5S2. The van der Waals surface area contributed by atoms with Crippen LogP contribution in [0.15, 0.2) is 88.7 Å². The molecule has 0 aromatic heterocycles. The van der Waals surface area contributed by atoms with E-state index in [0.29, 0.717) is 22.6 Å². The molecule has 0 saturated carbocycles. The molecule has 0 atom stereocenters. The van der Waals surface area contributed by atoms with E-state index in [-0.39, 0.29) is 15.4 Å². The van der Waals surface area contributed by atoms with Gasteiger partial charge in [-0.1, -0.05) is 24.3 Å². The molecule has 40 heavy (non-hydrogen) atoms. The Morgan fingerprint density at radius 1 is 0.575 bits per heavy atom. The summed E-state index contributed by atoms with van der Waals surface area (Å²) < 4.78 is 57.3. The molecule has 208 valence electrons. The molecule has 8 nitrogen and oxygen atoms in total. The van der Waals surface area contributed by atoms with E-state index in [9.17, 15) is 21.6 Å². The van der Waals surface area contributed by atoms with Crippen LogP contribution in [0.5, 0.6) is 0 Å². The van der Waals surface area contributed by atoms with E-state index < -0.39 is 26.0 Å². The summed E-state index contributed by atoms with van der Waals surface area (Å²) in [7, 11) is -7.80. The van der Waals surface area contributed by atoms with Crippen molar-refractivity contribution >= 4 is 43.0 Å². The van der Waals surface area contributed by atoms with Crippen LogP contribution in [0.1, 0.15) is 38.2 Å². The number of benzene rings is 4. The second-order valence-corrected chi connectivity index (χ2v) is 13.1. The van der Waals surface area contributed by atoms with Crippen molar-refractivity contribution in [3.05, 3.63) is 112 Å². The summed E-state index contributed by atoms with van der Waals surface area (Å²) in [6, 6.07) is 20.9. The molecule has 0 aliphatic carbocycles. The first-order valence-electron chi connectivity index (χ1n) is 12.5. The highest BCUT2D eigenvalue weighted by Crippen LogP contribution is 2.25. The Morgan fingerprint density at radius 3 is 1.88 bits per heavy atom. The Kier molecular flexibility index (Phi) is 8.04. The summed E-state index contributed by atoms with van der Waals surface area (Å²) in [4.78, 5) is 13.0. The van der Waals surface area contributed by atoms with Crippen LogP contribution in [-0.4, -0.2) is 22.7 Å². The van der Waals surface area contributed by atoms with Crippen LogP contribution >= 0.6 is 0 Å². The second-order valence-electron chi connectivity index (χ2n) is 9.79. The van der Waals surface area contributed by atoms with Crippen LogP contribution in [0.25, 0.3) is 0 Å². The van der Waals surface area contributed by atoms with E-state index in [1.807, 2.05) is 45.9 Å². The van der Waals surface area contributed by atoms with Gasteiger partial charge in [-0.05, 0) is 117 Å². The average molecular weight is 578 g/mol. The van der Waals surface area contributed by atoms with E-state index in [0.717, 1.165) is 22.3 Å². The molecule has 4 aromatic carbocycles. The standard InChI is InChI=1S/C30H31N3O5S2/c1-19-6-7-21(3)28(16-19)33-40(37,38)29-18-24(10-8-22(29)4)30(34)31-25-12-14-27(15-13-25)39(35,36)32-26-11-9-20(2)23(5)17-26/h6-18,32-33H,1-5H3,(H,31,34). The molecule has 0 bridgehead atoms. The van der Waals surface area contributed by atoms with Crippen molar-refractivity contribution in [3.8, 4) is 0 Å². The van der Waals surface area contributed by atoms with Crippen molar-refractivity contribution in [2.45, 2.75) is 44.4 Å². The molecule has 1 amide bonds. The number of hydrogen-bond acceptors (Lipinski definition) is 5. The number of rotatable bonds is 8. The molecule has 10 heteroatoms. The third kappa shape index (κ3) is 6.52. The number of carbonyl (C=O) groups is 1. The van der Waals surface area contributed by atoms with Gasteiger partial charge in [0, 0.05) is 16.9 Å². The van der Waals surface area contributed by atoms with Crippen LogP contribution in [0.4, 0.5) is 17.1 Å². The first kappa shape index (κ1) is 28.8. The number of nitrogens with one attached hydrogen (secondary N) is 3. The lowest BCUT2D eigenvalue weighted by Gasteiger charge is -2.14. The predicted molar refractivity (Wildman–Crippen MR) is 159 cm³/mol. The van der Waals surface area contributed by atoms with Crippen molar-refractivity contribution < 1.29 is 21.6 Å². The molecule has 0 radical (unpaired) electrons. The molecule has 0 aliphatic heterocycles. The molecule has 0 saturated heterocycles. The molecule has 0 unspecified atom stereocenters. The Bertz CT molecular complexity index is 1820. The lowest BCUT2D eigenvalue weighted by Crippen LogP contribution is -2.18. The van der Waals surface area contributed by atoms with Crippen LogP contribution in [0, 0.1) is 34.6 Å². The molecule has 0 aliphatic rings. The Hall–Kier alpha value is -4.15. The van der Waals surface area contributed by atoms with Gasteiger partial charge in [0.1, 0.15) is 0 Å². The van der Waals surface area contributed by atoms with Crippen molar-refractivity contribution in [2.75, 3.05) is 14.8 Å². The maximum atomic E-state index is 13.2. The highest BCUT2D eigenvalue weighted by molar-refractivity contribution is 7.93. The Balaban J connectivity index is 1.51. The quantitative estimate of drug-likeness (QED) is 0.234. The number of aryl methyl sites for hydroxylation is 5. The smallest absolute Gasteiger partial charge is 0.262 e. The number of amides is 1. The average Bonchev–Trinajstić information content (AvgIpc) is 2.88. The summed E-state index contributed by atoms with van der Waals surface area (Å²) in [5, 5.41) is 2.70. The maximum Gasteiger partial charge on any atom is 0.262 e. The third-order valence-corrected chi connectivity index (χ3v) is 9.46. The lowest BCUT2D eigenvalue weighted by molar-refractivity contribution is 0.102. The van der Waals surface area contributed by atoms with Crippen LogP contribution < -0.4 is 14.8 Å². The SMILES string of the molecule is Cc1ccc(C)c(NS(=O)(=O)c2cc(C(=O)Nc3ccc(S(=O)(=O)Nc4ccc(C)c(C)c4)cc3)ccc2C)c1. The van der Waals surface area contributed by atoms with Gasteiger partial charge in [-0.15, -0.1) is 0 Å². The molecule has 0 spiro atoms. The summed E-state index contributed by atoms with van der Waals surface area (Å²) in [5.74, 6) is -0.535. The first-order valence-corrected chi connectivity index (χ1v) is 15.4. The molecule has 4 rings (SSSR count). The first-order chi connectivity index (χ1) is 18.7. The topological polar surface area (TPSA) is 121 Å². The Labute approximate surface area is 235 Å². The van der Waals surface area contributed by atoms with Gasteiger partial charge in [0.05, 0.1) is 15.5 Å². The fraction of sp³-hybridized carbons (Fsp3) is 0.167. The zero-order valence-electron chi connectivity index (χ0n) is 22.9. The van der Waals surface area contributed by atoms with Gasteiger partial charge >= 0.3 is 0 Å². The van der Waals surface area contributed by atoms with Gasteiger partial charge < -0.3 is 5.32 Å². The highest BCUT2D eigenvalue weighted by Gasteiger charge is 2.21. The highest BCUT2D eigenvalue weighted by atomic mass is 32.2. The summed E-state index contributed by atoms with van der Waals surface area (Å²) in [5.41, 5.74) is 5.61. The van der Waals surface area contributed by atoms with Gasteiger partial charge in [-0.2, -0.15) is 0 Å². The predicted octanol–water partition coefficient (Wildman–Crippen LogP) is 6.08. The monoisotopic (exact) mass is 577 g/mol. The molecule has 0 heterocycles. The van der Waals surface area contributed by atoms with E-state index in [2.05, 4.69) is 14.8 Å². The largest absolute Gasteiger partial charge is 0.322 e. The van der Waals surface area contributed by atoms with Crippen LogP contribution in [0.2, 0.25) is 0 Å². The fourth-order valence-electron chi connectivity index (χ4n) is 4.02. The molecule has 0 fully saturated rings. The number of carbonyl (C=O) groups excluding carboxylic acids is 1. The normalized spacial score (nSPS) is 11.6. The van der Waals surface area contributed by atoms with Crippen molar-refractivity contribution in [3.63, 3.8) is 0 Å². The zero-order chi connectivity index (χ0) is 29.2. The molecule has 4 aromatic rings. The third-order valence-electron chi connectivity index (χ3n) is 6.56. The minimum atomic E-state index is -3.97. The van der Waals surface area contributed by atoms with Crippen molar-refractivity contribution in [2.24, 2.45) is 0 Å². The van der Waals surface area contributed by atoms with E-state index >= 15 is 0 Å². The maximum absolute atomic E-state index is 13.2. The van der Waals surface area contributed by atoms with E-state index in [4.69, 9.17) is 0 Å². The fourth-order valence-corrected chi connectivity index (χ4v) is 6.46. The summed E-state index contributed by atoms with van der Waals surface area (Å²) in [6.07, 6.45) is 0. The number of hydrogen-bond donors (Lipinski definition) is 3. The minimum Gasteiger partial charge on any atom is -0.322 e. The van der Waals surface area contributed by atoms with E-state index in [1.54, 1.807) is 31.2 Å². The second kappa shape index (κ2) is 11.1. The van der Waals surface area contributed by atoms with E-state index in [1.165, 1.54) is 36.4 Å². The Morgan fingerprint density at radius 2 is 1.20 bits per heavy atom. The van der Waals surface area contributed by atoms with Gasteiger partial charge in [-0.3, -0.25) is 14.2 Å². The van der Waals surface area contributed by atoms with Crippen LogP contribution in [-0.2, 0) is 20.0 Å². The molecular weight excluding hydrogens is 546 g/mol. The minimum absolute atomic E-state index is 0.0140. The summed E-state index contributed by atoms with van der Waals surface area (Å²) in [6.45, 7) is 9.18. The lowest BCUT2D eigenvalue weighted by atomic mass is 10.1. The van der Waals surface area contributed by atoms with Crippen molar-refractivity contribution in [1.29, 1.82) is 0 Å². The summed E-state index contributed by atoms with van der Waals surface area (Å²) >= 11 is 0. The van der Waals surface area contributed by atoms with Gasteiger partial charge in [0.25, 0.3) is 26.0 Å². The van der Waals surface area contributed by atoms with Gasteiger partial charge in [-0.25, -0.2) is 16.8 Å². The van der Waals surface area contributed by atoms with Crippen LogP contribution in [0.3, 0.4) is 0 Å². The number of anilines is 3. The van der Waals surface area contributed by atoms with Gasteiger partial charge in [0.15, 0.2) is 0 Å². The number of sulfonamides is 2. The zero-order valence-corrected chi connectivity index (χ0v) is 24.5. The van der Waals surface area contributed by atoms with Crippen molar-refractivity contribution in [1.82, 2.24) is 0 Å².